The van der Waals surface area contributed by atoms with E-state index in [1.807, 2.05) is 0 Å². The van der Waals surface area contributed by atoms with Crippen LogP contribution in [0.2, 0.25) is 10.0 Å². The number of hydrogen-bond acceptors (Lipinski definition) is 6. The van der Waals surface area contributed by atoms with E-state index in [1.54, 1.807) is 24.9 Å². The molecule has 1 aromatic heterocycles. The average Bonchev–Trinajstić information content (AvgIpc) is 2.86. The maximum atomic E-state index is 12.8. The lowest BCUT2D eigenvalue weighted by Gasteiger charge is -2.18. The molecule has 0 saturated heterocycles. The van der Waals surface area contributed by atoms with E-state index in [-0.39, 0.29) is 26.9 Å². The predicted octanol–water partition coefficient (Wildman–Crippen LogP) is 4.29. The quantitative estimate of drug-likeness (QED) is 0.519. The van der Waals surface area contributed by atoms with E-state index in [0.29, 0.717) is 17.5 Å². The molecule has 0 spiro atoms. The summed E-state index contributed by atoms with van der Waals surface area (Å²) in [5.41, 5.74) is -4.79. The van der Waals surface area contributed by atoms with Crippen molar-refractivity contribution in [2.75, 3.05) is 14.2 Å². The van der Waals surface area contributed by atoms with Crippen molar-refractivity contribution in [1.82, 2.24) is 9.88 Å². The van der Waals surface area contributed by atoms with E-state index in [1.165, 1.54) is 7.11 Å². The first kappa shape index (κ1) is 20.2. The van der Waals surface area contributed by atoms with Gasteiger partial charge in [-0.1, -0.05) is 23.2 Å². The van der Waals surface area contributed by atoms with Crippen LogP contribution in [0.25, 0.3) is 10.9 Å². The Balaban J connectivity index is 2.35. The Bertz CT molecular complexity index is 1040. The van der Waals surface area contributed by atoms with Gasteiger partial charge in [0, 0.05) is 23.5 Å². The minimum absolute atomic E-state index is 0.00291. The molecule has 1 atom stereocenters. The SMILES string of the molecule is COc1cc2c3c(c(OS(=O)(=O)C(F)(F)F)nc2c(Cl)c1Cl)C(C)N(C)C3. The van der Waals surface area contributed by atoms with Gasteiger partial charge in [0.2, 0.25) is 5.88 Å². The van der Waals surface area contributed by atoms with Gasteiger partial charge in [-0.2, -0.15) is 21.6 Å². The Kier molecular flexibility index (Phi) is 4.91. The minimum atomic E-state index is -5.90. The summed E-state index contributed by atoms with van der Waals surface area (Å²) < 4.78 is 70.9. The number of alkyl halides is 3. The smallest absolute Gasteiger partial charge is 0.495 e. The van der Waals surface area contributed by atoms with Gasteiger partial charge >= 0.3 is 15.6 Å². The first-order chi connectivity index (χ1) is 12.4. The molecule has 0 fully saturated rings. The first-order valence-corrected chi connectivity index (χ1v) is 9.65. The monoisotopic (exact) mass is 444 g/mol. The third kappa shape index (κ3) is 3.18. The standard InChI is InChI=1S/C15H13Cl2F3N2O4S/c1-6-10-8(5-22(6)2)7-4-9(25-3)11(16)12(17)13(7)21-14(10)26-27(23,24)15(18,19)20/h4,6H,5H2,1-3H3. The van der Waals surface area contributed by atoms with Crippen LogP contribution in [0, 0.1) is 0 Å². The van der Waals surface area contributed by atoms with Gasteiger partial charge < -0.3 is 8.92 Å². The van der Waals surface area contributed by atoms with Crippen LogP contribution in [0.15, 0.2) is 6.07 Å². The molecule has 3 rings (SSSR count). The highest BCUT2D eigenvalue weighted by Crippen LogP contribution is 2.47. The van der Waals surface area contributed by atoms with E-state index >= 15 is 0 Å². The van der Waals surface area contributed by atoms with Crippen LogP contribution in [-0.4, -0.2) is 38.0 Å². The number of benzene rings is 1. The lowest BCUT2D eigenvalue weighted by atomic mass is 10.0. The molecule has 0 radical (unpaired) electrons. The fourth-order valence-electron chi connectivity index (χ4n) is 2.94. The number of pyridine rings is 1. The number of nitrogens with zero attached hydrogens (tertiary/aromatic N) is 2. The summed E-state index contributed by atoms with van der Waals surface area (Å²) in [6.45, 7) is 2.01. The molecule has 2 aromatic rings. The van der Waals surface area contributed by atoms with Crippen molar-refractivity contribution < 1.29 is 30.5 Å². The molecule has 0 N–H and O–H groups in total. The number of halogens is 5. The third-order valence-electron chi connectivity index (χ3n) is 4.42. The Morgan fingerprint density at radius 1 is 1.30 bits per heavy atom. The zero-order valence-corrected chi connectivity index (χ0v) is 16.5. The summed E-state index contributed by atoms with van der Waals surface area (Å²) in [4.78, 5) is 5.77. The normalized spacial score (nSPS) is 18.0. The Labute approximate surface area is 162 Å². The number of aromatic nitrogens is 1. The molecule has 6 nitrogen and oxygen atoms in total. The molecule has 0 bridgehead atoms. The van der Waals surface area contributed by atoms with Crippen molar-refractivity contribution in [1.29, 1.82) is 0 Å². The van der Waals surface area contributed by atoms with Crippen molar-refractivity contribution >= 4 is 44.2 Å². The van der Waals surface area contributed by atoms with Gasteiger partial charge in [-0.05, 0) is 25.6 Å². The number of rotatable bonds is 3. The Morgan fingerprint density at radius 3 is 2.48 bits per heavy atom. The highest BCUT2D eigenvalue weighted by Gasteiger charge is 2.49. The summed E-state index contributed by atoms with van der Waals surface area (Å²) in [5, 5.41) is 0.414. The average molecular weight is 445 g/mol. The van der Waals surface area contributed by atoms with Crippen molar-refractivity contribution in [3.63, 3.8) is 0 Å². The van der Waals surface area contributed by atoms with Crippen molar-refractivity contribution in [2.45, 2.75) is 25.0 Å². The molecule has 2 heterocycles. The minimum Gasteiger partial charge on any atom is -0.495 e. The molecule has 27 heavy (non-hydrogen) atoms. The fourth-order valence-corrected chi connectivity index (χ4v) is 3.83. The van der Waals surface area contributed by atoms with Gasteiger partial charge in [0.25, 0.3) is 0 Å². The summed E-state index contributed by atoms with van der Waals surface area (Å²) in [5.74, 6) is -0.410. The molecule has 1 aliphatic rings. The van der Waals surface area contributed by atoms with Gasteiger partial charge in [-0.3, -0.25) is 4.90 Å². The van der Waals surface area contributed by atoms with Crippen LogP contribution in [0.4, 0.5) is 13.2 Å². The van der Waals surface area contributed by atoms with Crippen LogP contribution in [0.1, 0.15) is 24.1 Å². The van der Waals surface area contributed by atoms with E-state index in [0.717, 1.165) is 0 Å². The molecule has 1 aliphatic heterocycles. The second-order valence-corrected chi connectivity index (χ2v) is 8.28. The summed E-state index contributed by atoms with van der Waals surface area (Å²) >= 11 is 12.3. The van der Waals surface area contributed by atoms with Crippen LogP contribution >= 0.6 is 23.2 Å². The number of ether oxygens (including phenoxy) is 1. The maximum Gasteiger partial charge on any atom is 0.534 e. The van der Waals surface area contributed by atoms with Crippen molar-refractivity contribution in [3.05, 3.63) is 27.2 Å². The maximum absolute atomic E-state index is 12.8. The second-order valence-electron chi connectivity index (χ2n) is 5.99. The molecule has 0 aliphatic carbocycles. The largest absolute Gasteiger partial charge is 0.534 e. The lowest BCUT2D eigenvalue weighted by molar-refractivity contribution is -0.0501. The number of fused-ring (bicyclic) bond motifs is 3. The Morgan fingerprint density at radius 2 is 1.93 bits per heavy atom. The van der Waals surface area contributed by atoms with Crippen molar-refractivity contribution in [3.8, 4) is 11.6 Å². The van der Waals surface area contributed by atoms with Crippen LogP contribution in [-0.2, 0) is 16.7 Å². The van der Waals surface area contributed by atoms with Gasteiger partial charge in [0.15, 0.2) is 0 Å². The van der Waals surface area contributed by atoms with Gasteiger partial charge in [0.1, 0.15) is 10.8 Å². The zero-order valence-electron chi connectivity index (χ0n) is 14.2. The molecule has 1 aromatic carbocycles. The first-order valence-electron chi connectivity index (χ1n) is 7.48. The summed E-state index contributed by atoms with van der Waals surface area (Å²) in [6, 6.07) is 1.12. The molecule has 0 amide bonds. The topological polar surface area (TPSA) is 68.7 Å². The highest BCUT2D eigenvalue weighted by atomic mass is 35.5. The van der Waals surface area contributed by atoms with E-state index in [4.69, 9.17) is 27.9 Å². The Hall–Kier alpha value is -1.49. The molecular formula is C15H13Cl2F3N2O4S. The number of hydrogen-bond donors (Lipinski definition) is 0. The van der Waals surface area contributed by atoms with Gasteiger partial charge in [-0.15, -0.1) is 0 Å². The third-order valence-corrected chi connectivity index (χ3v) is 6.20. The summed E-state index contributed by atoms with van der Waals surface area (Å²) in [6.07, 6.45) is 0. The van der Waals surface area contributed by atoms with Crippen LogP contribution in [0.3, 0.4) is 0 Å². The molecule has 0 saturated carbocycles. The molecule has 12 heteroatoms. The fraction of sp³-hybridized carbons (Fsp3) is 0.400. The van der Waals surface area contributed by atoms with Gasteiger partial charge in [0.05, 0.1) is 17.6 Å². The zero-order chi connectivity index (χ0) is 20.3. The van der Waals surface area contributed by atoms with Gasteiger partial charge in [-0.25, -0.2) is 4.98 Å². The predicted molar refractivity (Wildman–Crippen MR) is 93.8 cm³/mol. The van der Waals surface area contributed by atoms with Crippen LogP contribution < -0.4 is 8.92 Å². The lowest BCUT2D eigenvalue weighted by Crippen LogP contribution is -2.29. The van der Waals surface area contributed by atoms with E-state index in [2.05, 4.69) is 9.17 Å². The van der Waals surface area contributed by atoms with Crippen LogP contribution in [0.5, 0.6) is 11.6 Å². The summed E-state index contributed by atoms with van der Waals surface area (Å²) in [7, 11) is -2.78. The molecule has 1 unspecified atom stereocenters. The molecular weight excluding hydrogens is 432 g/mol. The highest BCUT2D eigenvalue weighted by molar-refractivity contribution is 7.87. The molecule has 148 valence electrons. The van der Waals surface area contributed by atoms with E-state index in [9.17, 15) is 21.6 Å². The number of methoxy groups -OCH3 is 1. The van der Waals surface area contributed by atoms with Crippen molar-refractivity contribution in [2.24, 2.45) is 0 Å². The van der Waals surface area contributed by atoms with E-state index < -0.39 is 27.5 Å². The second kappa shape index (κ2) is 6.54.